The molecule has 2 aliphatic rings. The molecule has 2 fully saturated rings. The van der Waals surface area contributed by atoms with Crippen molar-refractivity contribution in [3.05, 3.63) is 17.5 Å². The van der Waals surface area contributed by atoms with Crippen LogP contribution in [-0.4, -0.2) is 41.6 Å². The highest BCUT2D eigenvalue weighted by Gasteiger charge is 2.29. The Hall–Kier alpha value is -1.36. The number of carbonyl (C=O) groups is 1. The normalized spacial score (nSPS) is 23.7. The van der Waals surface area contributed by atoms with E-state index in [9.17, 15) is 4.79 Å². The van der Waals surface area contributed by atoms with Crippen molar-refractivity contribution in [2.75, 3.05) is 19.6 Å². The Morgan fingerprint density at radius 2 is 2.37 bits per heavy atom. The van der Waals surface area contributed by atoms with Crippen LogP contribution in [0.5, 0.6) is 0 Å². The number of hydrogen-bond acceptors (Lipinski definition) is 4. The molecule has 0 bridgehead atoms. The van der Waals surface area contributed by atoms with Gasteiger partial charge in [0, 0.05) is 24.6 Å². The molecule has 1 amide bonds. The van der Waals surface area contributed by atoms with Crippen molar-refractivity contribution in [2.45, 2.75) is 44.6 Å². The number of rotatable bonds is 5. The Balaban J connectivity index is 1.52. The summed E-state index contributed by atoms with van der Waals surface area (Å²) >= 11 is 0. The fourth-order valence-electron chi connectivity index (χ4n) is 2.80. The molecule has 1 aromatic heterocycles. The Morgan fingerprint density at radius 3 is 3.11 bits per heavy atom. The summed E-state index contributed by atoms with van der Waals surface area (Å²) in [5.74, 6) is 1.25. The van der Waals surface area contributed by atoms with Gasteiger partial charge in [-0.3, -0.25) is 9.69 Å². The Kier molecular flexibility index (Phi) is 3.55. The zero-order chi connectivity index (χ0) is 13.2. The van der Waals surface area contributed by atoms with Crippen LogP contribution >= 0.6 is 0 Å². The summed E-state index contributed by atoms with van der Waals surface area (Å²) < 4.78 is 5.20. The van der Waals surface area contributed by atoms with Gasteiger partial charge in [-0.2, -0.15) is 0 Å². The highest BCUT2D eigenvalue weighted by Crippen LogP contribution is 2.40. The fraction of sp³-hybridized carbons (Fsp3) is 0.714. The van der Waals surface area contributed by atoms with Gasteiger partial charge in [0.1, 0.15) is 5.76 Å². The molecule has 19 heavy (non-hydrogen) atoms. The molecule has 1 saturated heterocycles. The highest BCUT2D eigenvalue weighted by atomic mass is 16.5. The van der Waals surface area contributed by atoms with Crippen LogP contribution in [0.2, 0.25) is 0 Å². The molecule has 5 heteroatoms. The summed E-state index contributed by atoms with van der Waals surface area (Å²) in [5, 5.41) is 6.84. The molecular formula is C14H21N3O2. The highest BCUT2D eigenvalue weighted by molar-refractivity contribution is 5.92. The van der Waals surface area contributed by atoms with Crippen LogP contribution in [0, 0.1) is 0 Å². The van der Waals surface area contributed by atoms with Crippen LogP contribution in [0.1, 0.15) is 54.8 Å². The molecule has 104 valence electrons. The quantitative estimate of drug-likeness (QED) is 0.879. The topological polar surface area (TPSA) is 58.4 Å². The Bertz CT molecular complexity index is 453. The molecule has 0 unspecified atom stereocenters. The van der Waals surface area contributed by atoms with E-state index in [4.69, 9.17) is 4.52 Å². The first-order valence-corrected chi connectivity index (χ1v) is 7.26. The van der Waals surface area contributed by atoms with Crippen molar-refractivity contribution in [2.24, 2.45) is 0 Å². The lowest BCUT2D eigenvalue weighted by Crippen LogP contribution is -2.40. The first-order chi connectivity index (χ1) is 9.28. The summed E-state index contributed by atoms with van der Waals surface area (Å²) in [7, 11) is 0. The molecule has 1 atom stereocenters. The molecule has 1 saturated carbocycles. The van der Waals surface area contributed by atoms with Crippen LogP contribution in [0.3, 0.4) is 0 Å². The van der Waals surface area contributed by atoms with Gasteiger partial charge in [0.2, 0.25) is 0 Å². The second kappa shape index (κ2) is 5.33. The second-order valence-electron chi connectivity index (χ2n) is 5.52. The molecule has 0 spiro atoms. The van der Waals surface area contributed by atoms with Crippen LogP contribution in [0.15, 0.2) is 10.6 Å². The zero-order valence-electron chi connectivity index (χ0n) is 11.4. The molecule has 1 aliphatic heterocycles. The number of aromatic nitrogens is 1. The fourth-order valence-corrected chi connectivity index (χ4v) is 2.80. The van der Waals surface area contributed by atoms with Gasteiger partial charge in [0.25, 0.3) is 5.91 Å². The number of nitrogens with one attached hydrogen (secondary N) is 1. The predicted octanol–water partition coefficient (Wildman–Crippen LogP) is 1.77. The molecule has 1 aromatic rings. The van der Waals surface area contributed by atoms with Gasteiger partial charge in [-0.25, -0.2) is 0 Å². The van der Waals surface area contributed by atoms with Crippen LogP contribution < -0.4 is 5.32 Å². The number of likely N-dealkylation sites (tertiary alicyclic amines) is 1. The minimum absolute atomic E-state index is 0.112. The zero-order valence-corrected chi connectivity index (χ0v) is 11.4. The standard InChI is InChI=1S/C14H21N3O2/c1-2-17-7-3-4-11(17)9-15-14(18)12-8-13(19-16-12)10-5-6-10/h8,10-11H,2-7,9H2,1H3,(H,15,18)/t11-/m0/s1. The first-order valence-electron chi connectivity index (χ1n) is 7.26. The van der Waals surface area contributed by atoms with E-state index in [1.165, 1.54) is 12.8 Å². The van der Waals surface area contributed by atoms with E-state index in [2.05, 4.69) is 22.3 Å². The lowest BCUT2D eigenvalue weighted by atomic mass is 10.2. The third-order valence-electron chi connectivity index (χ3n) is 4.14. The molecular weight excluding hydrogens is 242 g/mol. The predicted molar refractivity (Wildman–Crippen MR) is 71.1 cm³/mol. The number of likely N-dealkylation sites (N-methyl/N-ethyl adjacent to an activating group) is 1. The van der Waals surface area contributed by atoms with Crippen molar-refractivity contribution in [3.8, 4) is 0 Å². The van der Waals surface area contributed by atoms with Gasteiger partial charge >= 0.3 is 0 Å². The van der Waals surface area contributed by atoms with Crippen molar-refractivity contribution in [1.82, 2.24) is 15.4 Å². The summed E-state index contributed by atoms with van der Waals surface area (Å²) in [5.41, 5.74) is 0.419. The number of hydrogen-bond donors (Lipinski definition) is 1. The number of amides is 1. The first kappa shape index (κ1) is 12.7. The molecule has 0 aromatic carbocycles. The van der Waals surface area contributed by atoms with Gasteiger partial charge in [0.05, 0.1) is 0 Å². The SMILES string of the molecule is CCN1CCC[C@H]1CNC(=O)c1cc(C2CC2)on1. The van der Waals surface area contributed by atoms with E-state index in [-0.39, 0.29) is 5.91 Å². The smallest absolute Gasteiger partial charge is 0.273 e. The van der Waals surface area contributed by atoms with E-state index in [0.29, 0.717) is 24.2 Å². The van der Waals surface area contributed by atoms with Crippen molar-refractivity contribution in [3.63, 3.8) is 0 Å². The van der Waals surface area contributed by atoms with Gasteiger partial charge in [-0.1, -0.05) is 12.1 Å². The van der Waals surface area contributed by atoms with Gasteiger partial charge in [-0.05, 0) is 38.8 Å². The summed E-state index contributed by atoms with van der Waals surface area (Å²) in [6, 6.07) is 2.27. The summed E-state index contributed by atoms with van der Waals surface area (Å²) in [6.45, 7) is 5.07. The molecule has 1 aliphatic carbocycles. The van der Waals surface area contributed by atoms with E-state index >= 15 is 0 Å². The van der Waals surface area contributed by atoms with E-state index in [0.717, 1.165) is 31.7 Å². The second-order valence-corrected chi connectivity index (χ2v) is 5.52. The van der Waals surface area contributed by atoms with E-state index < -0.39 is 0 Å². The number of nitrogens with zero attached hydrogens (tertiary/aromatic N) is 2. The average Bonchev–Trinajstić information content (AvgIpc) is 3.00. The maximum Gasteiger partial charge on any atom is 0.273 e. The lowest BCUT2D eigenvalue weighted by molar-refractivity contribution is 0.0932. The van der Waals surface area contributed by atoms with Crippen molar-refractivity contribution >= 4 is 5.91 Å². The summed E-state index contributed by atoms with van der Waals surface area (Å²) in [6.07, 6.45) is 4.71. The maximum atomic E-state index is 12.0. The molecule has 2 heterocycles. The van der Waals surface area contributed by atoms with Gasteiger partial charge < -0.3 is 9.84 Å². The monoisotopic (exact) mass is 263 g/mol. The van der Waals surface area contributed by atoms with E-state index in [1.54, 1.807) is 6.07 Å². The maximum absolute atomic E-state index is 12.0. The third-order valence-corrected chi connectivity index (χ3v) is 4.14. The lowest BCUT2D eigenvalue weighted by Gasteiger charge is -2.22. The van der Waals surface area contributed by atoms with Gasteiger partial charge in [-0.15, -0.1) is 0 Å². The largest absolute Gasteiger partial charge is 0.360 e. The molecule has 0 radical (unpaired) electrons. The van der Waals surface area contributed by atoms with Crippen molar-refractivity contribution < 1.29 is 9.32 Å². The third kappa shape index (κ3) is 2.81. The number of carbonyl (C=O) groups excluding carboxylic acids is 1. The molecule has 3 rings (SSSR count). The van der Waals surface area contributed by atoms with Crippen LogP contribution in [0.25, 0.3) is 0 Å². The average molecular weight is 263 g/mol. The Labute approximate surface area is 113 Å². The van der Waals surface area contributed by atoms with Crippen LogP contribution in [-0.2, 0) is 0 Å². The summed E-state index contributed by atoms with van der Waals surface area (Å²) in [4.78, 5) is 14.4. The Morgan fingerprint density at radius 1 is 1.53 bits per heavy atom. The van der Waals surface area contributed by atoms with Gasteiger partial charge in [0.15, 0.2) is 5.69 Å². The molecule has 5 nitrogen and oxygen atoms in total. The molecule has 1 N–H and O–H groups in total. The van der Waals surface area contributed by atoms with Crippen LogP contribution in [0.4, 0.5) is 0 Å². The minimum Gasteiger partial charge on any atom is -0.360 e. The van der Waals surface area contributed by atoms with Crippen molar-refractivity contribution in [1.29, 1.82) is 0 Å². The van der Waals surface area contributed by atoms with E-state index in [1.807, 2.05) is 0 Å². The minimum atomic E-state index is -0.112.